The van der Waals surface area contributed by atoms with Gasteiger partial charge in [0, 0.05) is 138 Å². The number of thiophene rings is 1. The second-order valence-corrected chi connectivity index (χ2v) is 30.4. The van der Waals surface area contributed by atoms with Gasteiger partial charge in [0.2, 0.25) is 35.3 Å². The maximum atomic E-state index is 6.67. The number of fused-ring (bicyclic) bond motifs is 24. The molecule has 0 unspecified atom stereocenters. The molecule has 0 atom stereocenters. The maximum absolute atomic E-state index is 6.67. The molecular weight excluding hydrogens is 1450 g/mol. The first-order chi connectivity index (χ1) is 57.6. The van der Waals surface area contributed by atoms with E-state index in [4.69, 9.17) is 45.9 Å². The number of para-hydroxylation sites is 9. The molecule has 0 N–H and O–H groups in total. The number of aromatic nitrogens is 4. The first-order valence-electron chi connectivity index (χ1n) is 38.6. The summed E-state index contributed by atoms with van der Waals surface area (Å²) in [5.74, 6) is 5.31. The number of furan rings is 7. The zero-order valence-corrected chi connectivity index (χ0v) is 62.4. The normalized spacial score (nSPS) is 12.9. The van der Waals surface area contributed by atoms with E-state index in [-0.39, 0.29) is 20.1 Å². The van der Waals surface area contributed by atoms with Crippen molar-refractivity contribution in [3.05, 3.63) is 353 Å². The minimum absolute atomic E-state index is 0.117. The van der Waals surface area contributed by atoms with E-state index in [1.807, 2.05) is 200 Å². The molecule has 0 radical (unpaired) electrons. The Bertz CT molecular complexity index is 7550. The molecule has 18 heteroatoms. The average molecular weight is 1510 g/mol. The SMILES string of the molecule is c1ccc(-c2ncc(B3c4c(oc5ccccc45)N(c4ccccc4)c4oc5ccccc5c43)cn2)cc1.c1ccc(N2c3oc4ccccc4c3B(c3ccc4oc5ccncc5c4c3)c3c2oc2ccccc32)cc1.c1ccc(N2c3oc4ccccc4c3B(c3nccc4c3sc3ccccc34)c3c2oc2ccccc32)cc1. The fourth-order valence-electron chi connectivity index (χ4n) is 18.0. The molecule has 0 saturated heterocycles. The molecule has 14 heterocycles. The minimum atomic E-state index is -0.169. The van der Waals surface area contributed by atoms with Gasteiger partial charge in [-0.15, -0.1) is 11.3 Å². The molecule has 116 heavy (non-hydrogen) atoms. The molecule has 0 bridgehead atoms. The van der Waals surface area contributed by atoms with Crippen LogP contribution in [0.5, 0.6) is 0 Å². The third-order valence-electron chi connectivity index (χ3n) is 22.9. The molecule has 0 fully saturated rings. The van der Waals surface area contributed by atoms with Crippen LogP contribution in [0.3, 0.4) is 0 Å². The van der Waals surface area contributed by atoms with E-state index in [1.54, 1.807) is 6.20 Å². The summed E-state index contributed by atoms with van der Waals surface area (Å²) in [6.07, 6.45) is 9.47. The van der Waals surface area contributed by atoms with Crippen LogP contribution in [0, 0.1) is 0 Å². The predicted octanol–water partition coefficient (Wildman–Crippen LogP) is 19.9. The van der Waals surface area contributed by atoms with Crippen LogP contribution < -0.4 is 64.0 Å². The van der Waals surface area contributed by atoms with Crippen molar-refractivity contribution < 1.29 is 30.9 Å². The molecule has 3 aliphatic heterocycles. The van der Waals surface area contributed by atoms with E-state index in [1.165, 1.54) is 20.2 Å². The minimum Gasteiger partial charge on any atom is -0.456 e. The van der Waals surface area contributed by atoms with E-state index in [0.29, 0.717) is 5.82 Å². The zero-order chi connectivity index (χ0) is 76.1. The van der Waals surface area contributed by atoms with Crippen molar-refractivity contribution in [1.29, 1.82) is 0 Å². The Morgan fingerprint density at radius 2 is 0.603 bits per heavy atom. The second-order valence-electron chi connectivity index (χ2n) is 29.3. The van der Waals surface area contributed by atoms with Gasteiger partial charge in [-0.1, -0.05) is 230 Å². The van der Waals surface area contributed by atoms with Crippen molar-refractivity contribution >= 4 is 241 Å². The highest BCUT2D eigenvalue weighted by atomic mass is 32.1. The van der Waals surface area contributed by atoms with Crippen molar-refractivity contribution in [2.75, 3.05) is 14.7 Å². The van der Waals surface area contributed by atoms with Crippen LogP contribution in [0.1, 0.15) is 0 Å². The number of pyridine rings is 2. The van der Waals surface area contributed by atoms with Crippen molar-refractivity contribution in [3.63, 3.8) is 0 Å². The first-order valence-corrected chi connectivity index (χ1v) is 39.4. The third kappa shape index (κ3) is 10.1. The average Bonchev–Trinajstić information content (AvgIpc) is 1.55. The Morgan fingerprint density at radius 3 is 1.03 bits per heavy atom. The molecule has 11 aromatic heterocycles. The van der Waals surface area contributed by atoms with Gasteiger partial charge < -0.3 is 30.9 Å². The number of hydrogen-bond donors (Lipinski definition) is 0. The van der Waals surface area contributed by atoms with E-state index < -0.39 is 0 Å². The molecule has 0 amide bonds. The van der Waals surface area contributed by atoms with Crippen LogP contribution in [0.2, 0.25) is 0 Å². The molecule has 12 aromatic carbocycles. The smallest absolute Gasteiger partial charge is 0.282 e. The Labute approximate surface area is 666 Å². The Balaban J connectivity index is 0.0000001000. The zero-order valence-electron chi connectivity index (χ0n) is 61.6. The fraction of sp³-hybridized carbons (Fsp3) is 0. The molecule has 26 rings (SSSR count). The number of benzene rings is 12. The van der Waals surface area contributed by atoms with Gasteiger partial charge >= 0.3 is 0 Å². The summed E-state index contributed by atoms with van der Waals surface area (Å²) in [7, 11) is 0. The molecule has 0 saturated carbocycles. The molecule has 0 spiro atoms. The van der Waals surface area contributed by atoms with Gasteiger partial charge in [0.05, 0.1) is 17.1 Å². The molecule has 3 aliphatic rings. The molecule has 542 valence electrons. The van der Waals surface area contributed by atoms with Gasteiger partial charge in [0.15, 0.2) is 5.82 Å². The van der Waals surface area contributed by atoms with E-state index >= 15 is 0 Å². The van der Waals surface area contributed by atoms with Crippen LogP contribution in [0.25, 0.3) is 119 Å². The lowest BCUT2D eigenvalue weighted by molar-refractivity contribution is 0.584. The molecule has 14 nitrogen and oxygen atoms in total. The lowest BCUT2D eigenvalue weighted by Crippen LogP contribution is -2.57. The summed E-state index contributed by atoms with van der Waals surface area (Å²) in [4.78, 5) is 25.4. The van der Waals surface area contributed by atoms with Crippen LogP contribution in [0.4, 0.5) is 52.4 Å². The van der Waals surface area contributed by atoms with Crippen molar-refractivity contribution in [1.82, 2.24) is 19.9 Å². The first kappa shape index (κ1) is 65.6. The van der Waals surface area contributed by atoms with Crippen LogP contribution >= 0.6 is 11.3 Å². The van der Waals surface area contributed by atoms with Crippen molar-refractivity contribution in [2.45, 2.75) is 0 Å². The van der Waals surface area contributed by atoms with Crippen LogP contribution in [-0.2, 0) is 0 Å². The Morgan fingerprint density at radius 1 is 0.250 bits per heavy atom. The van der Waals surface area contributed by atoms with Gasteiger partial charge in [0.25, 0.3) is 20.1 Å². The summed E-state index contributed by atoms with van der Waals surface area (Å²) < 4.78 is 48.4. The standard InChI is InChI=1S/C33H19BN2O3.C33H19BN2O2S.C32H20BN3O2/c1-2-8-21(9-3-1)36-32-30(22-10-4-6-12-26(22)38-32)34(31-23-11-5-7-13-27(23)39-33(31)36)20-14-15-28-24(18-20)25-19-35-17-16-29(25)37-28;1-2-10-20(11-3-1)36-32-28(23-13-4-7-15-25(23)37-32)34(29-24-14-5-8-16-26(24)38-33(29)36)31-30-22(18-19-35-31)21-12-6-9-17-27(21)39-30;1-3-11-21(12-4-1)30-34-19-22(20-35-30)33-28-24-15-7-9-17-26(24)37-31(28)36(23-13-5-2-6-14-23)32-29(33)25-16-8-10-18-27(25)38-32/h2*1-19H;1-20H. The summed E-state index contributed by atoms with van der Waals surface area (Å²) in [6, 6.07) is 110. The van der Waals surface area contributed by atoms with Crippen molar-refractivity contribution in [3.8, 4) is 11.4 Å². The highest BCUT2D eigenvalue weighted by molar-refractivity contribution is 7.28. The van der Waals surface area contributed by atoms with Gasteiger partial charge in [-0.05, 0) is 103 Å². The fourth-order valence-corrected chi connectivity index (χ4v) is 19.2. The van der Waals surface area contributed by atoms with Crippen LogP contribution in [0.15, 0.2) is 383 Å². The molecular formula is C98H58B3N7O7S. The topological polar surface area (TPSA) is 153 Å². The lowest BCUT2D eigenvalue weighted by atomic mass is 9.35. The Kier molecular flexibility index (Phi) is 14.8. The summed E-state index contributed by atoms with van der Waals surface area (Å²) >= 11 is 1.81. The number of hydrogen-bond acceptors (Lipinski definition) is 15. The maximum Gasteiger partial charge on any atom is 0.282 e. The van der Waals surface area contributed by atoms with E-state index in [0.717, 1.165) is 195 Å². The van der Waals surface area contributed by atoms with Crippen molar-refractivity contribution in [2.24, 2.45) is 0 Å². The molecule has 23 aromatic rings. The number of anilines is 9. The van der Waals surface area contributed by atoms with Gasteiger partial charge in [-0.3, -0.25) is 24.7 Å². The highest BCUT2D eigenvalue weighted by Crippen LogP contribution is 2.47. The van der Waals surface area contributed by atoms with Gasteiger partial charge in [-0.25, -0.2) is 9.97 Å². The summed E-state index contributed by atoms with van der Waals surface area (Å²) in [6.45, 7) is -0.454. The Hall–Kier alpha value is -15.1. The van der Waals surface area contributed by atoms with Gasteiger partial charge in [-0.2, -0.15) is 0 Å². The van der Waals surface area contributed by atoms with Crippen LogP contribution in [-0.4, -0.2) is 40.1 Å². The quantitative estimate of drug-likeness (QED) is 0.139. The summed E-state index contributed by atoms with van der Waals surface area (Å²) in [5, 5.41) is 11.0. The molecule has 0 aliphatic carbocycles. The second kappa shape index (κ2) is 26.2. The number of nitrogens with zero attached hydrogens (tertiary/aromatic N) is 7. The highest BCUT2D eigenvalue weighted by Gasteiger charge is 2.48. The van der Waals surface area contributed by atoms with Gasteiger partial charge in [0.1, 0.15) is 44.7 Å². The monoisotopic (exact) mass is 1510 g/mol. The lowest BCUT2D eigenvalue weighted by Gasteiger charge is -2.30. The van der Waals surface area contributed by atoms with E-state index in [2.05, 4.69) is 177 Å². The third-order valence-corrected chi connectivity index (χ3v) is 24.1. The number of rotatable bonds is 7. The summed E-state index contributed by atoms with van der Waals surface area (Å²) in [5.41, 5.74) is 20.5. The predicted molar refractivity (Wildman–Crippen MR) is 472 cm³/mol. The van der Waals surface area contributed by atoms with E-state index in [9.17, 15) is 0 Å². The largest absolute Gasteiger partial charge is 0.456 e.